The molecular formula is C18H21FO. The smallest absolute Gasteiger partial charge is 0.123 e. The molecule has 0 saturated heterocycles. The van der Waals surface area contributed by atoms with Crippen LogP contribution in [0.4, 0.5) is 4.39 Å². The molecule has 20 heavy (non-hydrogen) atoms. The van der Waals surface area contributed by atoms with Crippen molar-refractivity contribution in [2.24, 2.45) is 0 Å². The Morgan fingerprint density at radius 3 is 2.10 bits per heavy atom. The van der Waals surface area contributed by atoms with Crippen molar-refractivity contribution in [1.29, 1.82) is 0 Å². The maximum absolute atomic E-state index is 13.1. The molecular weight excluding hydrogens is 251 g/mol. The monoisotopic (exact) mass is 272 g/mol. The summed E-state index contributed by atoms with van der Waals surface area (Å²) in [5, 5.41) is 10.4. The van der Waals surface area contributed by atoms with Gasteiger partial charge < -0.3 is 5.11 Å². The van der Waals surface area contributed by atoms with E-state index in [4.69, 9.17) is 0 Å². The van der Waals surface area contributed by atoms with E-state index in [0.717, 1.165) is 16.7 Å². The lowest BCUT2D eigenvalue weighted by Crippen LogP contribution is -2.11. The van der Waals surface area contributed by atoms with E-state index >= 15 is 0 Å². The third kappa shape index (κ3) is 3.07. The molecule has 106 valence electrons. The van der Waals surface area contributed by atoms with E-state index in [1.54, 1.807) is 6.07 Å². The summed E-state index contributed by atoms with van der Waals surface area (Å²) in [4.78, 5) is 0. The second-order valence-corrected chi connectivity index (χ2v) is 6.28. The summed E-state index contributed by atoms with van der Waals surface area (Å²) in [5.74, 6) is -0.276. The highest BCUT2D eigenvalue weighted by atomic mass is 19.1. The van der Waals surface area contributed by atoms with E-state index < -0.39 is 6.10 Å². The normalized spacial score (nSPS) is 13.3. The topological polar surface area (TPSA) is 20.2 Å². The van der Waals surface area contributed by atoms with Crippen molar-refractivity contribution in [3.05, 3.63) is 70.5 Å². The summed E-state index contributed by atoms with van der Waals surface area (Å²) in [6, 6.07) is 12.4. The number of hydrogen-bond acceptors (Lipinski definition) is 1. The molecule has 0 heterocycles. The van der Waals surface area contributed by atoms with Gasteiger partial charge in [-0.2, -0.15) is 0 Å². The number of halogens is 1. The first-order chi connectivity index (χ1) is 9.29. The van der Waals surface area contributed by atoms with Crippen LogP contribution in [0.1, 0.15) is 49.1 Å². The summed E-state index contributed by atoms with van der Waals surface area (Å²) in [7, 11) is 0. The molecule has 0 bridgehead atoms. The van der Waals surface area contributed by atoms with E-state index in [1.807, 2.05) is 31.2 Å². The van der Waals surface area contributed by atoms with Crippen LogP contribution in [0, 0.1) is 12.7 Å². The first kappa shape index (κ1) is 14.7. The van der Waals surface area contributed by atoms with Crippen LogP contribution in [-0.4, -0.2) is 5.11 Å². The number of rotatable bonds is 2. The Kier molecular flexibility index (Phi) is 3.96. The van der Waals surface area contributed by atoms with Gasteiger partial charge in [0.05, 0.1) is 0 Å². The van der Waals surface area contributed by atoms with Crippen LogP contribution in [0.15, 0.2) is 42.5 Å². The average molecular weight is 272 g/mol. The van der Waals surface area contributed by atoms with Gasteiger partial charge in [0.2, 0.25) is 0 Å². The SMILES string of the molecule is Cc1cc(F)ccc1C(O)c1ccc(C(C)(C)C)cc1. The average Bonchev–Trinajstić information content (AvgIpc) is 2.37. The highest BCUT2D eigenvalue weighted by Gasteiger charge is 2.16. The number of benzene rings is 2. The van der Waals surface area contributed by atoms with E-state index in [9.17, 15) is 9.50 Å². The molecule has 2 heteroatoms. The molecule has 1 atom stereocenters. The Morgan fingerprint density at radius 1 is 1.00 bits per heavy atom. The fourth-order valence-electron chi connectivity index (χ4n) is 2.29. The minimum atomic E-state index is -0.718. The first-order valence-corrected chi connectivity index (χ1v) is 6.83. The molecule has 0 amide bonds. The Morgan fingerprint density at radius 2 is 1.60 bits per heavy atom. The third-order valence-electron chi connectivity index (χ3n) is 3.62. The van der Waals surface area contributed by atoms with Crippen LogP contribution in [0.3, 0.4) is 0 Å². The number of hydrogen-bond donors (Lipinski definition) is 1. The summed E-state index contributed by atoms with van der Waals surface area (Å²) in [6.45, 7) is 8.28. The minimum absolute atomic E-state index is 0.0925. The highest BCUT2D eigenvalue weighted by Crippen LogP contribution is 2.28. The summed E-state index contributed by atoms with van der Waals surface area (Å²) >= 11 is 0. The van der Waals surface area contributed by atoms with Gasteiger partial charge in [-0.15, -0.1) is 0 Å². The fourth-order valence-corrected chi connectivity index (χ4v) is 2.29. The van der Waals surface area contributed by atoms with Crippen molar-refractivity contribution in [1.82, 2.24) is 0 Å². The summed E-state index contributed by atoms with van der Waals surface area (Å²) in [5.41, 5.74) is 3.65. The van der Waals surface area contributed by atoms with Crippen LogP contribution in [0.25, 0.3) is 0 Å². The molecule has 0 aromatic heterocycles. The molecule has 2 aromatic carbocycles. The van der Waals surface area contributed by atoms with Crippen LogP contribution in [0.5, 0.6) is 0 Å². The molecule has 1 unspecified atom stereocenters. The Labute approximate surface area is 120 Å². The summed E-state index contributed by atoms with van der Waals surface area (Å²) < 4.78 is 13.1. The van der Waals surface area contributed by atoms with Crippen LogP contribution in [0.2, 0.25) is 0 Å². The molecule has 0 saturated carbocycles. The van der Waals surface area contributed by atoms with Gasteiger partial charge in [-0.1, -0.05) is 51.1 Å². The van der Waals surface area contributed by atoms with Gasteiger partial charge in [-0.3, -0.25) is 0 Å². The quantitative estimate of drug-likeness (QED) is 0.852. The lowest BCUT2D eigenvalue weighted by atomic mass is 9.86. The van der Waals surface area contributed by atoms with Crippen LogP contribution < -0.4 is 0 Å². The lowest BCUT2D eigenvalue weighted by Gasteiger charge is -2.20. The maximum atomic E-state index is 13.1. The predicted octanol–water partition coefficient (Wildman–Crippen LogP) is 4.51. The van der Waals surface area contributed by atoms with Gasteiger partial charge in [0.25, 0.3) is 0 Å². The standard InChI is InChI=1S/C18H21FO/c1-12-11-15(19)9-10-16(12)17(20)13-5-7-14(8-6-13)18(2,3)4/h5-11,17,20H,1-4H3. The molecule has 0 aliphatic rings. The number of aliphatic hydroxyl groups excluding tert-OH is 1. The van der Waals surface area contributed by atoms with Gasteiger partial charge >= 0.3 is 0 Å². The van der Waals surface area contributed by atoms with Gasteiger partial charge in [0, 0.05) is 0 Å². The fraction of sp³-hybridized carbons (Fsp3) is 0.333. The van der Waals surface area contributed by atoms with Crippen molar-refractivity contribution in [3.63, 3.8) is 0 Å². The van der Waals surface area contributed by atoms with Crippen molar-refractivity contribution >= 4 is 0 Å². The Bertz CT molecular complexity index is 594. The van der Waals surface area contributed by atoms with Crippen molar-refractivity contribution in [2.75, 3.05) is 0 Å². The zero-order chi connectivity index (χ0) is 14.9. The van der Waals surface area contributed by atoms with Crippen LogP contribution >= 0.6 is 0 Å². The zero-order valence-corrected chi connectivity index (χ0v) is 12.4. The molecule has 0 aliphatic heterocycles. The predicted molar refractivity (Wildman–Crippen MR) is 80.3 cm³/mol. The lowest BCUT2D eigenvalue weighted by molar-refractivity contribution is 0.219. The molecule has 1 N–H and O–H groups in total. The molecule has 0 aliphatic carbocycles. The third-order valence-corrected chi connectivity index (χ3v) is 3.62. The van der Waals surface area contributed by atoms with Gasteiger partial charge in [-0.05, 0) is 46.7 Å². The van der Waals surface area contributed by atoms with E-state index in [2.05, 4.69) is 20.8 Å². The molecule has 0 radical (unpaired) electrons. The molecule has 0 spiro atoms. The van der Waals surface area contributed by atoms with Crippen molar-refractivity contribution < 1.29 is 9.50 Å². The highest BCUT2D eigenvalue weighted by molar-refractivity contribution is 5.37. The molecule has 2 aromatic rings. The van der Waals surface area contributed by atoms with E-state index in [-0.39, 0.29) is 11.2 Å². The van der Waals surface area contributed by atoms with E-state index in [1.165, 1.54) is 17.7 Å². The Balaban J connectivity index is 2.31. The van der Waals surface area contributed by atoms with Gasteiger partial charge in [-0.25, -0.2) is 4.39 Å². The molecule has 2 rings (SSSR count). The summed E-state index contributed by atoms with van der Waals surface area (Å²) in [6.07, 6.45) is -0.718. The largest absolute Gasteiger partial charge is 0.384 e. The van der Waals surface area contributed by atoms with E-state index in [0.29, 0.717) is 0 Å². The van der Waals surface area contributed by atoms with Crippen molar-refractivity contribution in [2.45, 2.75) is 39.2 Å². The zero-order valence-electron chi connectivity index (χ0n) is 12.4. The minimum Gasteiger partial charge on any atom is -0.384 e. The second kappa shape index (κ2) is 5.37. The first-order valence-electron chi connectivity index (χ1n) is 6.83. The molecule has 1 nitrogen and oxygen atoms in total. The number of aliphatic hydroxyl groups is 1. The van der Waals surface area contributed by atoms with Gasteiger partial charge in [0.1, 0.15) is 11.9 Å². The molecule has 0 fully saturated rings. The van der Waals surface area contributed by atoms with Crippen molar-refractivity contribution in [3.8, 4) is 0 Å². The van der Waals surface area contributed by atoms with Crippen LogP contribution in [-0.2, 0) is 5.41 Å². The Hall–Kier alpha value is -1.67. The van der Waals surface area contributed by atoms with Gasteiger partial charge in [0.15, 0.2) is 0 Å². The maximum Gasteiger partial charge on any atom is 0.123 e. The number of aryl methyl sites for hydroxylation is 1. The second-order valence-electron chi connectivity index (χ2n) is 6.28.